The van der Waals surface area contributed by atoms with Crippen molar-refractivity contribution in [3.8, 4) is 11.5 Å². The van der Waals surface area contributed by atoms with Crippen LogP contribution in [0.15, 0.2) is 36.4 Å². The minimum absolute atomic E-state index is 0.458. The third-order valence-electron chi connectivity index (χ3n) is 2.09. The fraction of sp³-hybridized carbons (Fsp3) is 0. The first-order valence-electron chi connectivity index (χ1n) is 5.05. The van der Waals surface area contributed by atoms with Gasteiger partial charge in [0.1, 0.15) is 0 Å². The number of halogens is 4. The van der Waals surface area contributed by atoms with Crippen LogP contribution in [0, 0.1) is 0 Å². The standard InChI is InChI=1S/2C6H4Cl2O.Zr/c2*7-4-1-2-6(9)5(8)3-4;/h2*1-3,9H;/q;;+2/p-2. The molecule has 0 fully saturated rings. The minimum atomic E-state index is -1.59. The Labute approximate surface area is 143 Å². The van der Waals surface area contributed by atoms with Gasteiger partial charge in [-0.2, -0.15) is 0 Å². The second-order valence-corrected chi connectivity index (χ2v) is 6.54. The molecule has 0 saturated heterocycles. The third-order valence-corrected chi connectivity index (χ3v) is 4.64. The van der Waals surface area contributed by atoms with E-state index in [2.05, 4.69) is 0 Å². The van der Waals surface area contributed by atoms with E-state index in [1.54, 1.807) is 36.4 Å². The number of hydrogen-bond acceptors (Lipinski definition) is 2. The van der Waals surface area contributed by atoms with Crippen molar-refractivity contribution in [1.82, 2.24) is 0 Å². The van der Waals surface area contributed by atoms with Crippen molar-refractivity contribution in [2.45, 2.75) is 0 Å². The average Bonchev–Trinajstić information content (AvgIpc) is 2.34. The van der Waals surface area contributed by atoms with Crippen molar-refractivity contribution in [2.75, 3.05) is 0 Å². The van der Waals surface area contributed by atoms with Crippen molar-refractivity contribution in [2.24, 2.45) is 0 Å². The molecular formula is C12H6Cl4O2Zr. The van der Waals surface area contributed by atoms with Gasteiger partial charge < -0.3 is 0 Å². The van der Waals surface area contributed by atoms with E-state index >= 15 is 0 Å². The van der Waals surface area contributed by atoms with E-state index in [1.165, 1.54) is 0 Å². The summed E-state index contributed by atoms with van der Waals surface area (Å²) in [4.78, 5) is 0. The molecule has 2 aromatic carbocycles. The Kier molecular flexibility index (Phi) is 5.86. The number of hydrogen-bond donors (Lipinski definition) is 0. The van der Waals surface area contributed by atoms with E-state index in [9.17, 15) is 0 Å². The normalized spacial score (nSPS) is 10.1. The fourth-order valence-electron chi connectivity index (χ4n) is 1.23. The van der Waals surface area contributed by atoms with Crippen LogP contribution in [0.25, 0.3) is 0 Å². The molecule has 0 atom stereocenters. The summed E-state index contributed by atoms with van der Waals surface area (Å²) in [6, 6.07) is 10.1. The first-order chi connectivity index (χ1) is 9.06. The van der Waals surface area contributed by atoms with Gasteiger partial charge in [-0.1, -0.05) is 0 Å². The van der Waals surface area contributed by atoms with Crippen LogP contribution in [0.1, 0.15) is 0 Å². The Morgan fingerprint density at radius 1 is 0.684 bits per heavy atom. The van der Waals surface area contributed by atoms with Gasteiger partial charge in [0.15, 0.2) is 0 Å². The van der Waals surface area contributed by atoms with Crippen molar-refractivity contribution in [1.29, 1.82) is 0 Å². The van der Waals surface area contributed by atoms with Crippen LogP contribution < -0.4 is 5.63 Å². The van der Waals surface area contributed by atoms with Crippen LogP contribution >= 0.6 is 46.4 Å². The molecule has 0 unspecified atom stereocenters. The van der Waals surface area contributed by atoms with Crippen LogP contribution in [-0.4, -0.2) is 0 Å². The summed E-state index contributed by atoms with van der Waals surface area (Å²) in [6.45, 7) is 0. The molecule has 0 amide bonds. The molecule has 2 aromatic rings. The Bertz CT molecular complexity index is 540. The molecule has 0 aliphatic carbocycles. The molecule has 0 saturated carbocycles. The molecule has 0 bridgehead atoms. The summed E-state index contributed by atoms with van der Waals surface area (Å²) >= 11 is 22.0. The predicted octanol–water partition coefficient (Wildman–Crippen LogP) is 5.67. The maximum absolute atomic E-state index is 5.98. The van der Waals surface area contributed by atoms with E-state index in [4.69, 9.17) is 52.0 Å². The van der Waals surface area contributed by atoms with Crippen LogP contribution in [-0.2, 0) is 24.1 Å². The molecule has 7 heteroatoms. The van der Waals surface area contributed by atoms with Gasteiger partial charge in [0.05, 0.1) is 0 Å². The zero-order valence-electron chi connectivity index (χ0n) is 9.29. The molecule has 98 valence electrons. The average molecular weight is 415 g/mol. The quantitative estimate of drug-likeness (QED) is 0.641. The molecule has 19 heavy (non-hydrogen) atoms. The molecule has 2 nitrogen and oxygen atoms in total. The molecular weight excluding hydrogens is 409 g/mol. The summed E-state index contributed by atoms with van der Waals surface area (Å²) in [5.74, 6) is 1.12. The molecule has 2 rings (SSSR count). The van der Waals surface area contributed by atoms with Gasteiger partial charge in [0.25, 0.3) is 0 Å². The maximum atomic E-state index is 5.98. The van der Waals surface area contributed by atoms with Crippen molar-refractivity contribution in [3.05, 3.63) is 56.5 Å². The van der Waals surface area contributed by atoms with Gasteiger partial charge in [0.2, 0.25) is 0 Å². The van der Waals surface area contributed by atoms with Crippen LogP contribution in [0.3, 0.4) is 0 Å². The monoisotopic (exact) mass is 412 g/mol. The molecule has 0 aliphatic heterocycles. The van der Waals surface area contributed by atoms with Gasteiger partial charge in [-0.25, -0.2) is 0 Å². The van der Waals surface area contributed by atoms with Crippen molar-refractivity contribution < 1.29 is 29.7 Å². The number of rotatable bonds is 4. The summed E-state index contributed by atoms with van der Waals surface area (Å²) in [7, 11) is 0. The Morgan fingerprint density at radius 2 is 1.11 bits per heavy atom. The molecule has 0 heterocycles. The van der Waals surface area contributed by atoms with Crippen LogP contribution in [0.4, 0.5) is 0 Å². The Hall–Kier alpha value is 0.0831. The predicted molar refractivity (Wildman–Crippen MR) is 74.2 cm³/mol. The van der Waals surface area contributed by atoms with Crippen LogP contribution in [0.5, 0.6) is 11.5 Å². The second-order valence-electron chi connectivity index (χ2n) is 3.44. The Morgan fingerprint density at radius 3 is 1.47 bits per heavy atom. The van der Waals surface area contributed by atoms with Crippen LogP contribution in [0.2, 0.25) is 20.1 Å². The fourth-order valence-corrected chi connectivity index (χ4v) is 3.86. The van der Waals surface area contributed by atoms with Gasteiger partial charge in [0, 0.05) is 0 Å². The van der Waals surface area contributed by atoms with E-state index in [-0.39, 0.29) is 0 Å². The van der Waals surface area contributed by atoms with Crippen molar-refractivity contribution >= 4 is 46.4 Å². The zero-order chi connectivity index (χ0) is 13.8. The van der Waals surface area contributed by atoms with E-state index in [1.807, 2.05) is 0 Å². The third kappa shape index (κ3) is 4.54. The Balaban J connectivity index is 1.96. The van der Waals surface area contributed by atoms with E-state index in [0.29, 0.717) is 31.6 Å². The summed E-state index contributed by atoms with van der Waals surface area (Å²) in [5, 5.41) is 2.03. The summed E-state index contributed by atoms with van der Waals surface area (Å²) < 4.78 is 11.1. The van der Waals surface area contributed by atoms with E-state index < -0.39 is 24.1 Å². The molecule has 0 N–H and O–H groups in total. The second kappa shape index (κ2) is 7.19. The van der Waals surface area contributed by atoms with Crippen molar-refractivity contribution in [3.63, 3.8) is 0 Å². The molecule has 0 aromatic heterocycles. The summed E-state index contributed by atoms with van der Waals surface area (Å²) in [5.41, 5.74) is 0. The molecule has 0 radical (unpaired) electrons. The number of benzene rings is 2. The topological polar surface area (TPSA) is 18.5 Å². The first-order valence-corrected chi connectivity index (χ1v) is 8.57. The van der Waals surface area contributed by atoms with Gasteiger partial charge in [-0.05, 0) is 0 Å². The summed E-state index contributed by atoms with van der Waals surface area (Å²) in [6.07, 6.45) is 0. The SMILES string of the molecule is Clc1ccc([O][Zr][O]c2ccc(Cl)cc2Cl)c(Cl)c1. The van der Waals surface area contributed by atoms with Gasteiger partial charge in [-0.15, -0.1) is 0 Å². The van der Waals surface area contributed by atoms with Gasteiger partial charge >= 0.3 is 144 Å². The first kappa shape index (κ1) is 15.5. The van der Waals surface area contributed by atoms with Gasteiger partial charge in [-0.3, -0.25) is 0 Å². The molecule has 0 aliphatic rings. The zero-order valence-corrected chi connectivity index (χ0v) is 14.8. The van der Waals surface area contributed by atoms with E-state index in [0.717, 1.165) is 0 Å². The molecule has 0 spiro atoms.